The number of nitrogens with one attached hydrogen (secondary N) is 8. The number of hydrogen-bond donors (Lipinski definition) is 15. The minimum absolute atomic E-state index is 0.102. The van der Waals surface area contributed by atoms with Gasteiger partial charge in [0.2, 0.25) is 65.0 Å². The van der Waals surface area contributed by atoms with Gasteiger partial charge in [0.15, 0.2) is 0 Å². The molecule has 1 aliphatic heterocycles. The number of carbonyl (C=O) groups excluding carboxylic acids is 11. The van der Waals surface area contributed by atoms with E-state index in [1.807, 2.05) is 0 Å². The summed E-state index contributed by atoms with van der Waals surface area (Å²) in [5, 5.41) is 48.7. The number of nitrogens with two attached hydrogens (primary N) is 4. The number of unbranched alkanes of at least 4 members (excludes halogenated alkanes) is 1. The van der Waals surface area contributed by atoms with Crippen molar-refractivity contribution >= 4 is 76.9 Å². The third-order valence-corrected chi connectivity index (χ3v) is 12.8. The fourth-order valence-electron chi connectivity index (χ4n) is 8.30. The summed E-state index contributed by atoms with van der Waals surface area (Å²) >= 11 is 0. The highest BCUT2D eigenvalue weighted by molar-refractivity contribution is 5.99. The van der Waals surface area contributed by atoms with E-state index < -0.39 is 176 Å². The molecule has 1 fully saturated rings. The number of aliphatic carboxylic acids is 2. The van der Waals surface area contributed by atoms with Gasteiger partial charge in [-0.25, -0.2) is 4.79 Å². The minimum Gasteiger partial charge on any atom is -0.481 e. The highest BCUT2D eigenvalue weighted by Crippen LogP contribution is 2.20. The van der Waals surface area contributed by atoms with Crippen LogP contribution in [0.5, 0.6) is 0 Å². The van der Waals surface area contributed by atoms with E-state index >= 15 is 0 Å². The lowest BCUT2D eigenvalue weighted by atomic mass is 9.96. The number of amides is 11. The van der Waals surface area contributed by atoms with Gasteiger partial charge in [-0.05, 0) is 68.9 Å². The first-order valence-electron chi connectivity index (χ1n) is 26.0. The van der Waals surface area contributed by atoms with Crippen molar-refractivity contribution in [2.24, 2.45) is 34.8 Å². The molecule has 1 aromatic rings. The molecule has 29 nitrogen and oxygen atoms in total. The van der Waals surface area contributed by atoms with Gasteiger partial charge in [-0.1, -0.05) is 64.4 Å². The van der Waals surface area contributed by atoms with E-state index in [-0.39, 0.29) is 51.1 Å². The lowest BCUT2D eigenvalue weighted by Crippen LogP contribution is -2.61. The molecule has 0 aliphatic carbocycles. The zero-order valence-electron chi connectivity index (χ0n) is 45.0. The molecule has 0 spiro atoms. The number of carbonyl (C=O) groups is 13. The topological polar surface area (TPSA) is 486 Å². The largest absolute Gasteiger partial charge is 0.481 e. The number of aliphatic hydroxyl groups is 1. The molecule has 19 N–H and O–H groups in total. The fraction of sp³-hybridized carbons (Fsp3) is 0.620. The summed E-state index contributed by atoms with van der Waals surface area (Å²) in [4.78, 5) is 171. The Balaban J connectivity index is 2.31. The minimum atomic E-state index is -1.74. The first-order valence-corrected chi connectivity index (χ1v) is 26.0. The standard InChI is InChI=1S/C50H79N13O16/c1-5-27(4)41(48(76)60-34(23-38(54)66)43(71)55-24-39(67)56-31(14-9-10-18-51)49(77)63-19-11-15-36(63)50(78)79)62-44(72)30(16-17-40(68)69)57-45(73)32(20-26(2)3)59-47(75)35(25-64)61-46(74)33(21-28-12-7-6-8-13-28)58-42(70)29(52)22-37(53)65/h6-8,12-13,26-27,29-36,41,64H,5,9-11,14-25,51-52H2,1-4H3,(H2,53,65)(H2,54,66)(H,55,71)(H,56,67)(H,57,73)(H,58,70)(H,59,75)(H,60,76)(H,61,74)(H,62,72)(H,68,69)(H,78,79)/t27-,29-,30-,31-,32-,33-,34-,35-,36-,41-/m0/s1. The first kappa shape index (κ1) is 67.3. The van der Waals surface area contributed by atoms with Gasteiger partial charge < -0.3 is 85.7 Å². The zero-order valence-corrected chi connectivity index (χ0v) is 45.0. The molecule has 1 saturated heterocycles. The Labute approximate surface area is 456 Å². The van der Waals surface area contributed by atoms with Gasteiger partial charge in [0, 0.05) is 19.4 Å². The number of carboxylic acids is 2. The normalized spacial score (nSPS) is 16.4. The number of carboxylic acid groups (broad SMARTS) is 2. The van der Waals surface area contributed by atoms with Crippen molar-refractivity contribution in [1.82, 2.24) is 47.4 Å². The smallest absolute Gasteiger partial charge is 0.326 e. The molecule has 0 aromatic heterocycles. The van der Waals surface area contributed by atoms with Crippen LogP contribution in [-0.2, 0) is 68.7 Å². The third-order valence-electron chi connectivity index (χ3n) is 12.8. The molecule has 10 atom stereocenters. The quantitative estimate of drug-likeness (QED) is 0.0280. The summed E-state index contributed by atoms with van der Waals surface area (Å²) < 4.78 is 0. The summed E-state index contributed by atoms with van der Waals surface area (Å²) in [6, 6.07) is -4.95. The Hall–Kier alpha value is -7.79. The Morgan fingerprint density at radius 3 is 1.80 bits per heavy atom. The van der Waals surface area contributed by atoms with Gasteiger partial charge in [0.25, 0.3) is 0 Å². The fourth-order valence-corrected chi connectivity index (χ4v) is 8.30. The van der Waals surface area contributed by atoms with Gasteiger partial charge in [-0.15, -0.1) is 0 Å². The van der Waals surface area contributed by atoms with Crippen LogP contribution >= 0.6 is 0 Å². The van der Waals surface area contributed by atoms with E-state index in [0.717, 1.165) is 4.90 Å². The number of primary amides is 2. The Morgan fingerprint density at radius 1 is 0.658 bits per heavy atom. The Kier molecular flexibility index (Phi) is 29.1. The highest BCUT2D eigenvalue weighted by Gasteiger charge is 2.39. The van der Waals surface area contributed by atoms with Crippen molar-refractivity contribution in [2.45, 2.75) is 159 Å². The maximum absolute atomic E-state index is 14.1. The van der Waals surface area contributed by atoms with Crippen LogP contribution in [0.15, 0.2) is 30.3 Å². The maximum atomic E-state index is 14.1. The van der Waals surface area contributed by atoms with Crippen LogP contribution in [0.4, 0.5) is 0 Å². The van der Waals surface area contributed by atoms with Gasteiger partial charge in [0.05, 0.1) is 32.0 Å². The number of nitrogens with zero attached hydrogens (tertiary/aromatic N) is 1. The van der Waals surface area contributed by atoms with Gasteiger partial charge in [0.1, 0.15) is 48.3 Å². The van der Waals surface area contributed by atoms with Crippen LogP contribution in [-0.4, -0.2) is 178 Å². The van der Waals surface area contributed by atoms with Crippen LogP contribution in [0.3, 0.4) is 0 Å². The zero-order chi connectivity index (χ0) is 59.5. The summed E-state index contributed by atoms with van der Waals surface area (Å²) in [5.74, 6) is -14.3. The molecule has 1 aromatic carbocycles. The SMILES string of the molecule is CC[C@H](C)[C@H](NC(=O)[C@H](CCC(=O)O)NC(=O)[C@H](CC(C)C)NC(=O)[C@H](CO)NC(=O)[C@H](Cc1ccccc1)NC(=O)[C@@H](N)CC(N)=O)C(=O)N[C@@H](CC(N)=O)C(=O)NCC(=O)N[C@@H](CCCCN)C(=O)N1CCC[C@H]1C(=O)O. The van der Waals surface area contributed by atoms with E-state index in [1.165, 1.54) is 6.92 Å². The average molecular weight is 1120 g/mol. The van der Waals surface area contributed by atoms with Crippen LogP contribution in [0.2, 0.25) is 0 Å². The second-order valence-electron chi connectivity index (χ2n) is 19.7. The summed E-state index contributed by atoms with van der Waals surface area (Å²) in [7, 11) is 0. The molecule has 2 rings (SSSR count). The van der Waals surface area contributed by atoms with Crippen molar-refractivity contribution in [3.8, 4) is 0 Å². The summed E-state index contributed by atoms with van der Waals surface area (Å²) in [6.45, 7) is 5.19. The van der Waals surface area contributed by atoms with Crippen molar-refractivity contribution in [3.63, 3.8) is 0 Å². The number of likely N-dealkylation sites (tertiary alicyclic amines) is 1. The molecule has 79 heavy (non-hydrogen) atoms. The predicted octanol–water partition coefficient (Wildman–Crippen LogP) is -5.03. The van der Waals surface area contributed by atoms with Gasteiger partial charge in [-0.2, -0.15) is 0 Å². The van der Waals surface area contributed by atoms with Crippen LogP contribution < -0.4 is 65.5 Å². The molecule has 0 bridgehead atoms. The van der Waals surface area contributed by atoms with Gasteiger partial charge >= 0.3 is 11.9 Å². The van der Waals surface area contributed by atoms with E-state index in [1.54, 1.807) is 51.1 Å². The van der Waals surface area contributed by atoms with Gasteiger partial charge in [-0.3, -0.25) is 57.5 Å². The molecule has 0 radical (unpaired) electrons. The van der Waals surface area contributed by atoms with Crippen molar-refractivity contribution in [2.75, 3.05) is 26.2 Å². The number of hydrogen-bond acceptors (Lipinski definition) is 16. The molecular weight excluding hydrogens is 1040 g/mol. The maximum Gasteiger partial charge on any atom is 0.326 e. The van der Waals surface area contributed by atoms with Crippen LogP contribution in [0.1, 0.15) is 104 Å². The molecule has 0 unspecified atom stereocenters. The monoisotopic (exact) mass is 1120 g/mol. The number of rotatable bonds is 36. The molecule has 1 heterocycles. The second-order valence-corrected chi connectivity index (χ2v) is 19.7. The average Bonchev–Trinajstić information content (AvgIpc) is 3.90. The highest BCUT2D eigenvalue weighted by atomic mass is 16.4. The molecule has 11 amide bonds. The van der Waals surface area contributed by atoms with E-state index in [2.05, 4.69) is 42.5 Å². The molecule has 0 saturated carbocycles. The molecule has 29 heteroatoms. The van der Waals surface area contributed by atoms with Crippen LogP contribution in [0.25, 0.3) is 0 Å². The lowest BCUT2D eigenvalue weighted by molar-refractivity contribution is -0.149. The number of benzene rings is 1. The lowest BCUT2D eigenvalue weighted by Gasteiger charge is -2.29. The van der Waals surface area contributed by atoms with E-state index in [0.29, 0.717) is 24.8 Å². The van der Waals surface area contributed by atoms with E-state index in [9.17, 15) is 77.6 Å². The number of aliphatic hydroxyl groups excluding tert-OH is 1. The molecule has 440 valence electrons. The molecule has 1 aliphatic rings. The van der Waals surface area contributed by atoms with Crippen molar-refractivity contribution in [1.29, 1.82) is 0 Å². The summed E-state index contributed by atoms with van der Waals surface area (Å²) in [5.41, 5.74) is 22.5. The first-order chi connectivity index (χ1) is 37.2. The van der Waals surface area contributed by atoms with Crippen molar-refractivity contribution in [3.05, 3.63) is 35.9 Å². The molecular formula is C50H79N13O16. The summed E-state index contributed by atoms with van der Waals surface area (Å²) in [6.07, 6.45) is -0.983. The van der Waals surface area contributed by atoms with Crippen LogP contribution in [0, 0.1) is 11.8 Å². The van der Waals surface area contributed by atoms with E-state index in [4.69, 9.17) is 22.9 Å². The Bertz CT molecular complexity index is 2310. The third kappa shape index (κ3) is 23.8. The Morgan fingerprint density at radius 2 is 1.23 bits per heavy atom. The predicted molar refractivity (Wildman–Crippen MR) is 280 cm³/mol. The van der Waals surface area contributed by atoms with Crippen molar-refractivity contribution < 1.29 is 77.6 Å². The second kappa shape index (κ2) is 34.2.